The van der Waals surface area contributed by atoms with Gasteiger partial charge in [-0.05, 0) is 12.2 Å². The van der Waals surface area contributed by atoms with Crippen LogP contribution in [0.4, 0.5) is 9.59 Å². The second kappa shape index (κ2) is 4.28. The largest absolute Gasteiger partial charge is 0.375 e. The molecule has 0 aliphatic rings. The number of imide groups is 1. The summed E-state index contributed by atoms with van der Waals surface area (Å²) in [5, 5.41) is 1.59. The summed E-state index contributed by atoms with van der Waals surface area (Å²) < 4.78 is 0. The Morgan fingerprint density at radius 1 is 1.18 bits per heavy atom. The van der Waals surface area contributed by atoms with Crippen LogP contribution < -0.4 is 27.6 Å². The van der Waals surface area contributed by atoms with Gasteiger partial charge in [-0.1, -0.05) is 0 Å². The van der Waals surface area contributed by atoms with Crippen LogP contribution in [0.1, 0.15) is 0 Å². The first kappa shape index (κ1) is 9.43. The zero-order valence-corrected chi connectivity index (χ0v) is 6.20. The van der Waals surface area contributed by atoms with Crippen LogP contribution in [0.5, 0.6) is 0 Å². The van der Waals surface area contributed by atoms with Crippen LogP contribution >= 0.6 is 12.2 Å². The molecular weight excluding hydrogens is 170 g/mol. The fourth-order valence-electron chi connectivity index (χ4n) is 0.262. The first-order chi connectivity index (χ1) is 5.02. The minimum atomic E-state index is -0.966. The van der Waals surface area contributed by atoms with Crippen molar-refractivity contribution in [3.05, 3.63) is 0 Å². The average molecular weight is 177 g/mol. The van der Waals surface area contributed by atoms with E-state index in [9.17, 15) is 9.59 Å². The molecule has 0 fully saturated rings. The Balaban J connectivity index is 3.53. The molecular formula is C3H7N5O2S. The third-order valence-electron chi connectivity index (χ3n) is 0.536. The summed E-state index contributed by atoms with van der Waals surface area (Å²) in [6.45, 7) is 0. The van der Waals surface area contributed by atoms with E-state index < -0.39 is 12.1 Å². The number of hydrogen-bond donors (Lipinski definition) is 5. The van der Waals surface area contributed by atoms with Gasteiger partial charge < -0.3 is 11.5 Å². The monoisotopic (exact) mass is 177 g/mol. The predicted octanol–water partition coefficient (Wildman–Crippen LogP) is -1.89. The molecule has 4 amide bonds. The molecule has 0 aromatic heterocycles. The van der Waals surface area contributed by atoms with E-state index in [0.29, 0.717) is 0 Å². The maximum Gasteiger partial charge on any atom is 0.341 e. The van der Waals surface area contributed by atoms with Crippen molar-refractivity contribution in [1.29, 1.82) is 0 Å². The topological polar surface area (TPSA) is 122 Å². The van der Waals surface area contributed by atoms with Gasteiger partial charge in [0.15, 0.2) is 5.11 Å². The maximum atomic E-state index is 10.5. The first-order valence-electron chi connectivity index (χ1n) is 2.44. The summed E-state index contributed by atoms with van der Waals surface area (Å²) in [5.41, 5.74) is 13.6. The van der Waals surface area contributed by atoms with Crippen LogP contribution in [0.3, 0.4) is 0 Å². The molecule has 0 aliphatic heterocycles. The van der Waals surface area contributed by atoms with E-state index in [1.165, 1.54) is 0 Å². The highest BCUT2D eigenvalue weighted by atomic mass is 32.1. The Bertz CT molecular complexity index is 192. The molecule has 0 radical (unpaired) electrons. The fraction of sp³-hybridized carbons (Fsp3) is 0. The lowest BCUT2D eigenvalue weighted by molar-refractivity contribution is 0.230. The van der Waals surface area contributed by atoms with Crippen molar-refractivity contribution in [3.8, 4) is 0 Å². The Morgan fingerprint density at radius 2 is 1.73 bits per heavy atom. The highest BCUT2D eigenvalue weighted by molar-refractivity contribution is 7.80. The summed E-state index contributed by atoms with van der Waals surface area (Å²) in [6.07, 6.45) is 0. The lowest BCUT2D eigenvalue weighted by Gasteiger charge is -2.04. The molecule has 0 aliphatic carbocycles. The average Bonchev–Trinajstić information content (AvgIpc) is 1.82. The number of amides is 4. The number of hydrogen-bond acceptors (Lipinski definition) is 3. The molecule has 8 heteroatoms. The van der Waals surface area contributed by atoms with Gasteiger partial charge in [-0.3, -0.25) is 10.7 Å². The van der Waals surface area contributed by atoms with Gasteiger partial charge in [0.1, 0.15) is 0 Å². The third kappa shape index (κ3) is 6.31. The fourth-order valence-corrected chi connectivity index (χ4v) is 0.313. The Morgan fingerprint density at radius 3 is 2.09 bits per heavy atom. The van der Waals surface area contributed by atoms with Gasteiger partial charge in [0.05, 0.1) is 0 Å². The number of carbonyl (C=O) groups excluding carboxylic acids is 2. The number of carbonyl (C=O) groups is 2. The van der Waals surface area contributed by atoms with E-state index >= 15 is 0 Å². The molecule has 0 aromatic carbocycles. The summed E-state index contributed by atoms with van der Waals surface area (Å²) >= 11 is 4.34. The summed E-state index contributed by atoms with van der Waals surface area (Å²) in [7, 11) is 0. The van der Waals surface area contributed by atoms with E-state index in [2.05, 4.69) is 23.4 Å². The standard InChI is InChI=1S/C3H7N5O2S/c4-1(9)6-3(10)8-7-2(5)11/h(H3,5,7,11)(H4,4,6,8,9,10). The molecule has 62 valence electrons. The van der Waals surface area contributed by atoms with Crippen molar-refractivity contribution >= 4 is 29.4 Å². The van der Waals surface area contributed by atoms with Gasteiger partial charge in [-0.2, -0.15) is 0 Å². The summed E-state index contributed by atoms with van der Waals surface area (Å²) in [6, 6.07) is -1.79. The number of rotatable bonds is 0. The van der Waals surface area contributed by atoms with Gasteiger partial charge in [0.25, 0.3) is 0 Å². The number of nitrogens with two attached hydrogens (primary N) is 2. The van der Waals surface area contributed by atoms with E-state index in [0.717, 1.165) is 0 Å². The van der Waals surface area contributed by atoms with Crippen molar-refractivity contribution in [3.63, 3.8) is 0 Å². The van der Waals surface area contributed by atoms with Crippen molar-refractivity contribution in [2.75, 3.05) is 0 Å². The maximum absolute atomic E-state index is 10.5. The van der Waals surface area contributed by atoms with Gasteiger partial charge in [-0.25, -0.2) is 15.0 Å². The van der Waals surface area contributed by atoms with Crippen LogP contribution in [0, 0.1) is 0 Å². The van der Waals surface area contributed by atoms with Crippen molar-refractivity contribution < 1.29 is 9.59 Å². The van der Waals surface area contributed by atoms with Crippen molar-refractivity contribution in [2.24, 2.45) is 11.5 Å². The molecule has 0 rings (SSSR count). The smallest absolute Gasteiger partial charge is 0.341 e. The van der Waals surface area contributed by atoms with E-state index in [1.54, 1.807) is 5.32 Å². The van der Waals surface area contributed by atoms with Gasteiger partial charge in [-0.15, -0.1) is 0 Å². The first-order valence-corrected chi connectivity index (χ1v) is 2.85. The highest BCUT2D eigenvalue weighted by Crippen LogP contribution is 1.60. The van der Waals surface area contributed by atoms with E-state index in [1.807, 2.05) is 5.43 Å². The van der Waals surface area contributed by atoms with Crippen molar-refractivity contribution in [2.45, 2.75) is 0 Å². The minimum Gasteiger partial charge on any atom is -0.375 e. The number of hydrazine groups is 1. The Labute approximate surface area is 67.5 Å². The number of nitrogens with one attached hydrogen (secondary N) is 3. The quantitative estimate of drug-likeness (QED) is 0.219. The number of primary amides is 1. The molecule has 0 heterocycles. The SMILES string of the molecule is NC(=O)NC(=O)NNC(N)=S. The molecule has 0 spiro atoms. The number of thiocarbonyl (C=S) groups is 1. The van der Waals surface area contributed by atoms with E-state index in [-0.39, 0.29) is 5.11 Å². The Hall–Kier alpha value is -1.57. The van der Waals surface area contributed by atoms with Gasteiger partial charge in [0.2, 0.25) is 0 Å². The Kier molecular flexibility index (Phi) is 3.67. The molecule has 0 saturated carbocycles. The second-order valence-electron chi connectivity index (χ2n) is 1.43. The van der Waals surface area contributed by atoms with Gasteiger partial charge in [0, 0.05) is 0 Å². The zero-order valence-electron chi connectivity index (χ0n) is 5.38. The molecule has 11 heavy (non-hydrogen) atoms. The van der Waals surface area contributed by atoms with Crippen LogP contribution in [-0.2, 0) is 0 Å². The second-order valence-corrected chi connectivity index (χ2v) is 1.87. The predicted molar refractivity (Wildman–Crippen MR) is 41.2 cm³/mol. The van der Waals surface area contributed by atoms with Gasteiger partial charge >= 0.3 is 12.1 Å². The van der Waals surface area contributed by atoms with Crippen molar-refractivity contribution in [1.82, 2.24) is 16.2 Å². The molecule has 0 atom stereocenters. The molecule has 0 aromatic rings. The molecule has 0 bridgehead atoms. The highest BCUT2D eigenvalue weighted by Gasteiger charge is 2.00. The number of urea groups is 2. The lowest BCUT2D eigenvalue weighted by atomic mass is 10.9. The van der Waals surface area contributed by atoms with E-state index in [4.69, 9.17) is 5.73 Å². The third-order valence-corrected chi connectivity index (χ3v) is 0.638. The lowest BCUT2D eigenvalue weighted by Crippen LogP contribution is -2.51. The molecule has 0 saturated heterocycles. The molecule has 7 nitrogen and oxygen atoms in total. The minimum absolute atomic E-state index is 0.121. The van der Waals surface area contributed by atoms with Crippen LogP contribution in [0.25, 0.3) is 0 Å². The summed E-state index contributed by atoms with van der Waals surface area (Å²) in [4.78, 5) is 20.5. The molecule has 0 unspecified atom stereocenters. The molecule has 7 N–H and O–H groups in total. The van der Waals surface area contributed by atoms with Crippen LogP contribution in [0.2, 0.25) is 0 Å². The normalized spacial score (nSPS) is 8.00. The van der Waals surface area contributed by atoms with Crippen LogP contribution in [-0.4, -0.2) is 17.2 Å². The zero-order chi connectivity index (χ0) is 8.85. The summed E-state index contributed by atoms with van der Waals surface area (Å²) in [5.74, 6) is 0. The van der Waals surface area contributed by atoms with Crippen LogP contribution in [0.15, 0.2) is 0 Å².